The summed E-state index contributed by atoms with van der Waals surface area (Å²) < 4.78 is 1.71. The van der Waals surface area contributed by atoms with Crippen molar-refractivity contribution in [2.45, 2.75) is 47.5 Å². The highest BCUT2D eigenvalue weighted by Crippen LogP contribution is 2.21. The molecule has 1 amide bonds. The molecule has 2 heterocycles. The Hall–Kier alpha value is -3.74. The second-order valence-corrected chi connectivity index (χ2v) is 8.37. The Balaban J connectivity index is 0.000000202. The Labute approximate surface area is 201 Å². The maximum Gasteiger partial charge on any atom is 0.272 e. The summed E-state index contributed by atoms with van der Waals surface area (Å²) in [5.74, 6) is 1.34. The quantitative estimate of drug-likeness (QED) is 0.425. The molecule has 0 aliphatic carbocycles. The van der Waals surface area contributed by atoms with E-state index >= 15 is 0 Å². The van der Waals surface area contributed by atoms with Gasteiger partial charge in [-0.05, 0) is 75.1 Å². The van der Waals surface area contributed by atoms with Crippen LogP contribution < -0.4 is 5.73 Å². The second kappa shape index (κ2) is 11.4. The minimum absolute atomic E-state index is 0.0510. The topological polar surface area (TPSA) is 89.9 Å². The number of hydrogen-bond acceptors (Lipinski definition) is 5. The van der Waals surface area contributed by atoms with Crippen molar-refractivity contribution in [1.29, 1.82) is 0 Å². The summed E-state index contributed by atoms with van der Waals surface area (Å²) in [5.41, 5.74) is 10.7. The van der Waals surface area contributed by atoms with Gasteiger partial charge in [0.1, 0.15) is 17.3 Å². The molecule has 0 aliphatic rings. The molecular formula is C27H34N6O. The fourth-order valence-electron chi connectivity index (χ4n) is 3.79. The second-order valence-electron chi connectivity index (χ2n) is 8.37. The largest absolute Gasteiger partial charge is 0.383 e. The summed E-state index contributed by atoms with van der Waals surface area (Å²) in [6, 6.07) is 15.6. The van der Waals surface area contributed by atoms with Crippen LogP contribution in [0.15, 0.2) is 54.7 Å². The van der Waals surface area contributed by atoms with Crippen molar-refractivity contribution < 1.29 is 4.79 Å². The predicted octanol–water partition coefficient (Wildman–Crippen LogP) is 5.27. The van der Waals surface area contributed by atoms with Gasteiger partial charge in [0.25, 0.3) is 5.91 Å². The van der Waals surface area contributed by atoms with Crippen molar-refractivity contribution in [3.63, 3.8) is 0 Å². The zero-order valence-electron chi connectivity index (χ0n) is 20.7. The summed E-state index contributed by atoms with van der Waals surface area (Å²) >= 11 is 0. The first-order chi connectivity index (χ1) is 16.3. The number of aromatic nitrogens is 4. The zero-order chi connectivity index (χ0) is 24.7. The molecule has 0 radical (unpaired) electrons. The number of nitrogen functional groups attached to an aromatic ring is 1. The highest BCUT2D eigenvalue weighted by atomic mass is 16.2. The van der Waals surface area contributed by atoms with E-state index in [-0.39, 0.29) is 5.91 Å². The van der Waals surface area contributed by atoms with Crippen LogP contribution in [0.4, 0.5) is 5.82 Å². The summed E-state index contributed by atoms with van der Waals surface area (Å²) in [6.07, 6.45) is 3.60. The molecule has 2 aromatic carbocycles. The molecule has 7 heteroatoms. The summed E-state index contributed by atoms with van der Waals surface area (Å²) in [5, 5.41) is 5.22. The fraction of sp³-hybridized carbons (Fsp3) is 0.333. The van der Waals surface area contributed by atoms with Crippen LogP contribution in [0.5, 0.6) is 0 Å². The maximum atomic E-state index is 12.6. The highest BCUT2D eigenvalue weighted by Gasteiger charge is 2.19. The lowest BCUT2D eigenvalue weighted by molar-refractivity contribution is 0.0746. The number of aryl methyl sites for hydroxylation is 3. The van der Waals surface area contributed by atoms with E-state index in [2.05, 4.69) is 48.8 Å². The van der Waals surface area contributed by atoms with Crippen molar-refractivity contribution in [1.82, 2.24) is 24.6 Å². The molecule has 0 fully saturated rings. The van der Waals surface area contributed by atoms with E-state index in [0.29, 0.717) is 11.5 Å². The number of nitrogens with two attached hydrogens (primary N) is 1. The molecule has 2 N–H and O–H groups in total. The SMILES string of the molecule is CCCN(CCC)C(=O)c1ccnn1-c1ccccc1.Cc1nc(N)c2cc(C)c(C)cc2n1. The van der Waals surface area contributed by atoms with E-state index in [9.17, 15) is 4.79 Å². The number of para-hydroxylation sites is 1. The smallest absolute Gasteiger partial charge is 0.272 e. The Morgan fingerprint density at radius 1 is 0.941 bits per heavy atom. The molecule has 7 nitrogen and oxygen atoms in total. The molecule has 178 valence electrons. The molecular weight excluding hydrogens is 424 g/mol. The van der Waals surface area contributed by atoms with Crippen LogP contribution in [0.2, 0.25) is 0 Å². The van der Waals surface area contributed by atoms with Crippen molar-refractivity contribution >= 4 is 22.6 Å². The van der Waals surface area contributed by atoms with Gasteiger partial charge in [-0.15, -0.1) is 0 Å². The number of rotatable bonds is 6. The van der Waals surface area contributed by atoms with Gasteiger partial charge < -0.3 is 10.6 Å². The van der Waals surface area contributed by atoms with E-state index in [1.54, 1.807) is 16.9 Å². The summed E-state index contributed by atoms with van der Waals surface area (Å²) in [6.45, 7) is 11.7. The van der Waals surface area contributed by atoms with Crippen LogP contribution in [-0.2, 0) is 0 Å². The fourth-order valence-corrected chi connectivity index (χ4v) is 3.79. The molecule has 2 aromatic heterocycles. The molecule has 0 saturated heterocycles. The summed E-state index contributed by atoms with van der Waals surface area (Å²) in [4.78, 5) is 23.0. The molecule has 34 heavy (non-hydrogen) atoms. The van der Waals surface area contributed by atoms with Crippen LogP contribution in [-0.4, -0.2) is 43.6 Å². The highest BCUT2D eigenvalue weighted by molar-refractivity contribution is 5.93. The number of hydrogen-bond donors (Lipinski definition) is 1. The molecule has 0 bridgehead atoms. The first-order valence-electron chi connectivity index (χ1n) is 11.8. The normalized spacial score (nSPS) is 10.6. The minimum Gasteiger partial charge on any atom is -0.383 e. The van der Waals surface area contributed by atoms with Gasteiger partial charge in [-0.25, -0.2) is 14.6 Å². The average Bonchev–Trinajstić information content (AvgIpc) is 3.31. The third-order valence-electron chi connectivity index (χ3n) is 5.59. The van der Waals surface area contributed by atoms with Crippen LogP contribution in [0, 0.1) is 20.8 Å². The van der Waals surface area contributed by atoms with Gasteiger partial charge in [-0.1, -0.05) is 32.0 Å². The molecule has 0 spiro atoms. The Morgan fingerprint density at radius 2 is 1.59 bits per heavy atom. The minimum atomic E-state index is 0.0510. The molecule has 0 aliphatic heterocycles. The third kappa shape index (κ3) is 5.78. The maximum absolute atomic E-state index is 12.6. The lowest BCUT2D eigenvalue weighted by Crippen LogP contribution is -2.33. The van der Waals surface area contributed by atoms with Gasteiger partial charge >= 0.3 is 0 Å². The van der Waals surface area contributed by atoms with Gasteiger partial charge in [0.15, 0.2) is 0 Å². The van der Waals surface area contributed by atoms with E-state index in [1.807, 2.05) is 48.2 Å². The lowest BCUT2D eigenvalue weighted by Gasteiger charge is -2.21. The average molecular weight is 459 g/mol. The first kappa shape index (κ1) is 24.9. The van der Waals surface area contributed by atoms with Gasteiger partial charge in [-0.2, -0.15) is 5.10 Å². The number of anilines is 1. The van der Waals surface area contributed by atoms with Gasteiger partial charge in [0, 0.05) is 18.5 Å². The van der Waals surface area contributed by atoms with E-state index < -0.39 is 0 Å². The molecule has 4 aromatic rings. The Morgan fingerprint density at radius 3 is 2.24 bits per heavy atom. The summed E-state index contributed by atoms with van der Waals surface area (Å²) in [7, 11) is 0. The number of carbonyl (C=O) groups is 1. The van der Waals surface area contributed by atoms with Crippen molar-refractivity contribution in [3.05, 3.63) is 77.4 Å². The van der Waals surface area contributed by atoms with E-state index in [1.165, 1.54) is 11.1 Å². The van der Waals surface area contributed by atoms with Gasteiger partial charge in [0.2, 0.25) is 0 Å². The lowest BCUT2D eigenvalue weighted by atomic mass is 10.1. The van der Waals surface area contributed by atoms with Crippen LogP contribution in [0.3, 0.4) is 0 Å². The van der Waals surface area contributed by atoms with E-state index in [0.717, 1.165) is 48.3 Å². The van der Waals surface area contributed by atoms with Crippen LogP contribution in [0.25, 0.3) is 16.6 Å². The zero-order valence-corrected chi connectivity index (χ0v) is 20.7. The molecule has 0 atom stereocenters. The van der Waals surface area contributed by atoms with E-state index in [4.69, 9.17) is 5.73 Å². The van der Waals surface area contributed by atoms with Gasteiger partial charge in [-0.3, -0.25) is 4.79 Å². The Bertz CT molecular complexity index is 1240. The Kier molecular flexibility index (Phi) is 8.35. The number of benzene rings is 2. The van der Waals surface area contributed by atoms with Crippen molar-refractivity contribution in [3.8, 4) is 5.69 Å². The monoisotopic (exact) mass is 458 g/mol. The molecule has 0 unspecified atom stereocenters. The van der Waals surface area contributed by atoms with Crippen LogP contribution >= 0.6 is 0 Å². The standard InChI is InChI=1S/C16H21N3O.C11H13N3/c1-3-12-18(13-4-2)16(20)15-10-11-17-19(15)14-8-6-5-7-9-14;1-6-4-9-10(5-7(6)2)13-8(3)14-11(9)12/h5-11H,3-4,12-13H2,1-2H3;4-5H,1-3H3,(H2,12,13,14). The predicted molar refractivity (Wildman–Crippen MR) is 138 cm³/mol. The number of nitrogens with zero attached hydrogens (tertiary/aromatic N) is 5. The van der Waals surface area contributed by atoms with Gasteiger partial charge in [0.05, 0.1) is 17.4 Å². The number of fused-ring (bicyclic) bond motifs is 1. The van der Waals surface area contributed by atoms with Crippen molar-refractivity contribution in [2.75, 3.05) is 18.8 Å². The van der Waals surface area contributed by atoms with Crippen LogP contribution in [0.1, 0.15) is 54.1 Å². The molecule has 0 saturated carbocycles. The third-order valence-corrected chi connectivity index (χ3v) is 5.59. The first-order valence-corrected chi connectivity index (χ1v) is 11.8. The molecule has 4 rings (SSSR count). The number of amides is 1. The number of carbonyl (C=O) groups excluding carboxylic acids is 1. The van der Waals surface area contributed by atoms with Crippen molar-refractivity contribution in [2.24, 2.45) is 0 Å².